The molecule has 5 nitrogen and oxygen atoms in total. The van der Waals surface area contributed by atoms with Crippen molar-refractivity contribution < 1.29 is 18.8 Å². The molecule has 2 aliphatic rings. The molecule has 0 aromatic carbocycles. The number of rotatable bonds is 1. The van der Waals surface area contributed by atoms with E-state index in [0.29, 0.717) is 13.1 Å². The van der Waals surface area contributed by atoms with Crippen LogP contribution in [0, 0.1) is 0 Å². The molecule has 0 N–H and O–H groups in total. The van der Waals surface area contributed by atoms with Gasteiger partial charge in [0.1, 0.15) is 0 Å². The highest BCUT2D eigenvalue weighted by Gasteiger charge is 2.53. The van der Waals surface area contributed by atoms with E-state index in [9.17, 15) is 4.79 Å². The second kappa shape index (κ2) is 4.28. The lowest BCUT2D eigenvalue weighted by molar-refractivity contribution is 0.00578. The predicted octanol–water partition coefficient (Wildman–Crippen LogP) is 1.63. The Morgan fingerprint density at radius 1 is 1.33 bits per heavy atom. The van der Waals surface area contributed by atoms with E-state index in [4.69, 9.17) is 14.0 Å². The average molecular weight is 253 g/mol. The molecular formula is C12H20BNO4. The quantitative estimate of drug-likeness (QED) is 0.666. The summed E-state index contributed by atoms with van der Waals surface area (Å²) in [5, 5.41) is 0. The van der Waals surface area contributed by atoms with Crippen LogP contribution >= 0.6 is 0 Å². The van der Waals surface area contributed by atoms with Gasteiger partial charge in [0, 0.05) is 13.1 Å². The first-order chi connectivity index (χ1) is 8.27. The fourth-order valence-electron chi connectivity index (χ4n) is 2.01. The van der Waals surface area contributed by atoms with Crippen molar-refractivity contribution in [3.8, 4) is 0 Å². The Balaban J connectivity index is 2.02. The maximum Gasteiger partial charge on any atom is 0.492 e. The first-order valence-electron chi connectivity index (χ1n) is 6.14. The molecule has 1 saturated heterocycles. The predicted molar refractivity (Wildman–Crippen MR) is 68.1 cm³/mol. The molecule has 0 aliphatic carbocycles. The second-order valence-electron chi connectivity index (χ2n) is 5.72. The van der Waals surface area contributed by atoms with Gasteiger partial charge in [-0.2, -0.15) is 0 Å². The summed E-state index contributed by atoms with van der Waals surface area (Å²) in [5.41, 5.74) is 0.285. The number of nitrogens with zero attached hydrogens (tertiary/aromatic N) is 1. The second-order valence-corrected chi connectivity index (χ2v) is 5.72. The lowest BCUT2D eigenvalue weighted by Crippen LogP contribution is -2.41. The number of hydrogen-bond donors (Lipinski definition) is 0. The highest BCUT2D eigenvalue weighted by molar-refractivity contribution is 6.55. The molecule has 0 aromatic rings. The zero-order valence-electron chi connectivity index (χ0n) is 11.6. The van der Waals surface area contributed by atoms with Crippen LogP contribution in [0.4, 0.5) is 4.79 Å². The molecule has 0 atom stereocenters. The first-order valence-corrected chi connectivity index (χ1v) is 6.14. The van der Waals surface area contributed by atoms with E-state index in [1.807, 2.05) is 33.8 Å². The van der Waals surface area contributed by atoms with Crippen LogP contribution in [0.1, 0.15) is 27.7 Å². The molecule has 0 aromatic heterocycles. The van der Waals surface area contributed by atoms with Crippen molar-refractivity contribution in [3.05, 3.63) is 11.5 Å². The van der Waals surface area contributed by atoms with Crippen molar-refractivity contribution in [1.29, 1.82) is 0 Å². The minimum absolute atomic E-state index is 0.322. The Morgan fingerprint density at radius 2 is 1.89 bits per heavy atom. The summed E-state index contributed by atoms with van der Waals surface area (Å²) in [5.74, 6) is 0. The molecular weight excluding hydrogens is 233 g/mol. The molecule has 0 radical (unpaired) electrons. The van der Waals surface area contributed by atoms with Gasteiger partial charge in [-0.15, -0.1) is 0 Å². The molecule has 1 amide bonds. The SMILES string of the molecule is COC(=O)N1CC=C(B2OC(C)(C)C(C)(C)O2)C1. The van der Waals surface area contributed by atoms with E-state index in [0.717, 1.165) is 5.47 Å². The van der Waals surface area contributed by atoms with Crippen molar-refractivity contribution in [3.63, 3.8) is 0 Å². The molecule has 0 bridgehead atoms. The van der Waals surface area contributed by atoms with Gasteiger partial charge in [0.15, 0.2) is 0 Å². The molecule has 18 heavy (non-hydrogen) atoms. The van der Waals surface area contributed by atoms with Crippen LogP contribution in [0.3, 0.4) is 0 Å². The van der Waals surface area contributed by atoms with E-state index < -0.39 is 0 Å². The summed E-state index contributed by atoms with van der Waals surface area (Å²) >= 11 is 0. The van der Waals surface area contributed by atoms with Crippen molar-refractivity contribution in [2.45, 2.75) is 38.9 Å². The Labute approximate surface area is 108 Å². The molecule has 100 valence electrons. The summed E-state index contributed by atoms with van der Waals surface area (Å²) in [6.07, 6.45) is 1.65. The normalized spacial score (nSPS) is 25.3. The van der Waals surface area contributed by atoms with Crippen LogP contribution in [0.2, 0.25) is 0 Å². The van der Waals surface area contributed by atoms with E-state index in [1.165, 1.54) is 7.11 Å². The highest BCUT2D eigenvalue weighted by atomic mass is 16.7. The topological polar surface area (TPSA) is 48.0 Å². The van der Waals surface area contributed by atoms with Crippen molar-refractivity contribution >= 4 is 13.2 Å². The van der Waals surface area contributed by atoms with E-state index in [-0.39, 0.29) is 24.4 Å². The number of amides is 1. The average Bonchev–Trinajstić information content (AvgIpc) is 2.82. The molecule has 0 unspecified atom stereocenters. The largest absolute Gasteiger partial charge is 0.492 e. The van der Waals surface area contributed by atoms with Gasteiger partial charge >= 0.3 is 13.2 Å². The molecule has 2 heterocycles. The Bertz CT molecular complexity index is 376. The van der Waals surface area contributed by atoms with Gasteiger partial charge in [-0.1, -0.05) is 6.08 Å². The third-order valence-electron chi connectivity index (χ3n) is 3.94. The maximum atomic E-state index is 11.4. The van der Waals surface area contributed by atoms with Gasteiger partial charge in [-0.3, -0.25) is 0 Å². The molecule has 2 aliphatic heterocycles. The molecule has 0 spiro atoms. The number of hydrogen-bond acceptors (Lipinski definition) is 4. The lowest BCUT2D eigenvalue weighted by atomic mass is 9.79. The number of carbonyl (C=O) groups excluding carboxylic acids is 1. The van der Waals surface area contributed by atoms with Crippen molar-refractivity contribution in [1.82, 2.24) is 4.90 Å². The van der Waals surface area contributed by atoms with Crippen LogP contribution in [0.5, 0.6) is 0 Å². The summed E-state index contributed by atoms with van der Waals surface area (Å²) < 4.78 is 16.6. The fraction of sp³-hybridized carbons (Fsp3) is 0.750. The highest BCUT2D eigenvalue weighted by Crippen LogP contribution is 2.39. The summed E-state index contributed by atoms with van der Waals surface area (Å²) in [7, 11) is 1.01. The summed E-state index contributed by atoms with van der Waals surface area (Å²) in [4.78, 5) is 13.0. The molecule has 0 saturated carbocycles. The van der Waals surface area contributed by atoms with Gasteiger partial charge in [0.2, 0.25) is 0 Å². The van der Waals surface area contributed by atoms with Gasteiger partial charge in [0.25, 0.3) is 0 Å². The number of ether oxygens (including phenoxy) is 1. The van der Waals surface area contributed by atoms with Crippen LogP contribution < -0.4 is 0 Å². The monoisotopic (exact) mass is 253 g/mol. The van der Waals surface area contributed by atoms with E-state index in [2.05, 4.69) is 0 Å². The number of methoxy groups -OCH3 is 1. The zero-order chi connectivity index (χ0) is 13.6. The van der Waals surface area contributed by atoms with E-state index >= 15 is 0 Å². The van der Waals surface area contributed by atoms with Crippen LogP contribution in [-0.2, 0) is 14.0 Å². The molecule has 1 fully saturated rings. The maximum absolute atomic E-state index is 11.4. The Hall–Kier alpha value is -1.01. The first kappa shape index (κ1) is 13.4. The summed E-state index contributed by atoms with van der Waals surface area (Å²) in [6, 6.07) is 0. The molecule has 2 rings (SSSR count). The Kier molecular flexibility index (Phi) is 3.19. The van der Waals surface area contributed by atoms with Crippen LogP contribution in [0.15, 0.2) is 11.5 Å². The van der Waals surface area contributed by atoms with Crippen LogP contribution in [-0.4, -0.2) is 49.5 Å². The van der Waals surface area contributed by atoms with Crippen molar-refractivity contribution in [2.75, 3.05) is 20.2 Å². The smallest absolute Gasteiger partial charge is 0.453 e. The summed E-state index contributed by atoms with van der Waals surface area (Å²) in [6.45, 7) is 9.11. The van der Waals surface area contributed by atoms with Gasteiger partial charge in [0.05, 0.1) is 18.3 Å². The lowest BCUT2D eigenvalue weighted by Gasteiger charge is -2.32. The zero-order valence-corrected chi connectivity index (χ0v) is 11.6. The third kappa shape index (κ3) is 2.15. The minimum Gasteiger partial charge on any atom is -0.453 e. The number of carbonyl (C=O) groups is 1. The van der Waals surface area contributed by atoms with Crippen LogP contribution in [0.25, 0.3) is 0 Å². The third-order valence-corrected chi connectivity index (χ3v) is 3.94. The van der Waals surface area contributed by atoms with Crippen molar-refractivity contribution in [2.24, 2.45) is 0 Å². The minimum atomic E-state index is -0.371. The van der Waals surface area contributed by atoms with E-state index in [1.54, 1.807) is 4.90 Å². The van der Waals surface area contributed by atoms with Gasteiger partial charge in [-0.05, 0) is 33.2 Å². The molecule has 6 heteroatoms. The van der Waals surface area contributed by atoms with Gasteiger partial charge < -0.3 is 18.9 Å². The van der Waals surface area contributed by atoms with Gasteiger partial charge in [-0.25, -0.2) is 4.79 Å². The fourth-order valence-corrected chi connectivity index (χ4v) is 2.01. The standard InChI is InChI=1S/C12H20BNO4/c1-11(2)12(3,4)18-13(17-11)9-6-7-14(8-9)10(15)16-5/h6H,7-8H2,1-5H3. The Morgan fingerprint density at radius 3 is 2.39 bits per heavy atom.